The van der Waals surface area contributed by atoms with Crippen LogP contribution in [0.3, 0.4) is 0 Å². The average molecular weight is 321 g/mol. The molecule has 0 aliphatic heterocycles. The van der Waals surface area contributed by atoms with Gasteiger partial charge in [0.05, 0.1) is 12.0 Å². The van der Waals surface area contributed by atoms with Gasteiger partial charge in [0.15, 0.2) is 0 Å². The lowest BCUT2D eigenvalue weighted by molar-refractivity contribution is -0.224. The summed E-state index contributed by atoms with van der Waals surface area (Å²) in [5.41, 5.74) is 0. The lowest BCUT2D eigenvalue weighted by atomic mass is 9.86. The fourth-order valence-electron chi connectivity index (χ4n) is 2.15. The van der Waals surface area contributed by atoms with Crippen molar-refractivity contribution in [3.63, 3.8) is 0 Å². The van der Waals surface area contributed by atoms with Crippen LogP contribution in [0.15, 0.2) is 28.7 Å². The highest BCUT2D eigenvalue weighted by atomic mass is 79.9. The van der Waals surface area contributed by atoms with Gasteiger partial charge in [0.2, 0.25) is 0 Å². The maximum atomic E-state index is 13.9. The third-order valence-electron chi connectivity index (χ3n) is 3.24. The van der Waals surface area contributed by atoms with Gasteiger partial charge in [-0.25, -0.2) is 0 Å². The van der Waals surface area contributed by atoms with Crippen LogP contribution in [0.1, 0.15) is 25.7 Å². The van der Waals surface area contributed by atoms with E-state index >= 15 is 0 Å². The number of hydrogen-bond acceptors (Lipinski definition) is 2. The molecule has 1 saturated carbocycles. The Balaban J connectivity index is 2.00. The van der Waals surface area contributed by atoms with E-state index in [4.69, 9.17) is 4.74 Å². The second kappa shape index (κ2) is 5.53. The van der Waals surface area contributed by atoms with Crippen LogP contribution in [-0.2, 0) is 0 Å². The second-order valence-electron chi connectivity index (χ2n) is 4.62. The SMILES string of the molecule is OC1CCC(C(F)(F)Oc2ccc(Br)cc2)CC1. The summed E-state index contributed by atoms with van der Waals surface area (Å²) in [6, 6.07) is 6.34. The molecule has 2 nitrogen and oxygen atoms in total. The van der Waals surface area contributed by atoms with Crippen LogP contribution in [0.25, 0.3) is 0 Å². The number of benzene rings is 1. The van der Waals surface area contributed by atoms with Crippen LogP contribution in [-0.4, -0.2) is 17.3 Å². The first-order valence-electron chi connectivity index (χ1n) is 5.98. The lowest BCUT2D eigenvalue weighted by Crippen LogP contribution is -2.38. The standard InChI is InChI=1S/C13H15BrF2O2/c14-10-3-7-12(8-4-10)18-13(15,16)9-1-5-11(17)6-2-9/h3-4,7-9,11,17H,1-2,5-6H2. The van der Waals surface area contributed by atoms with Gasteiger partial charge in [0.1, 0.15) is 5.75 Å². The van der Waals surface area contributed by atoms with E-state index in [1.54, 1.807) is 12.1 Å². The van der Waals surface area contributed by atoms with Gasteiger partial charge in [-0.3, -0.25) is 0 Å². The van der Waals surface area contributed by atoms with E-state index in [9.17, 15) is 13.9 Å². The minimum absolute atomic E-state index is 0.161. The quantitative estimate of drug-likeness (QED) is 0.913. The van der Waals surface area contributed by atoms with Gasteiger partial charge in [0.25, 0.3) is 0 Å². The van der Waals surface area contributed by atoms with Gasteiger partial charge in [-0.15, -0.1) is 0 Å². The number of hydrogen-bond donors (Lipinski definition) is 1. The first-order chi connectivity index (χ1) is 8.47. The summed E-state index contributed by atoms with van der Waals surface area (Å²) in [5, 5.41) is 9.32. The average Bonchev–Trinajstić information content (AvgIpc) is 2.32. The summed E-state index contributed by atoms with van der Waals surface area (Å²) in [4.78, 5) is 0. The Kier molecular flexibility index (Phi) is 4.22. The molecular formula is C13H15BrF2O2. The molecule has 0 spiro atoms. The molecule has 0 saturated heterocycles. The van der Waals surface area contributed by atoms with Crippen molar-refractivity contribution in [3.8, 4) is 5.75 Å². The summed E-state index contributed by atoms with van der Waals surface area (Å²) >= 11 is 3.24. The summed E-state index contributed by atoms with van der Waals surface area (Å²) in [7, 11) is 0. The Morgan fingerprint density at radius 2 is 1.67 bits per heavy atom. The summed E-state index contributed by atoms with van der Waals surface area (Å²) in [6.07, 6.45) is -2.18. The van der Waals surface area contributed by atoms with Crippen molar-refractivity contribution in [3.05, 3.63) is 28.7 Å². The van der Waals surface area contributed by atoms with Crippen LogP contribution in [0.5, 0.6) is 5.75 Å². The van der Waals surface area contributed by atoms with Gasteiger partial charge in [-0.1, -0.05) is 15.9 Å². The highest BCUT2D eigenvalue weighted by Gasteiger charge is 2.43. The Morgan fingerprint density at radius 3 is 2.22 bits per heavy atom. The molecule has 0 aromatic heterocycles. The highest BCUT2D eigenvalue weighted by molar-refractivity contribution is 9.10. The van der Waals surface area contributed by atoms with Crippen molar-refractivity contribution in [2.45, 2.75) is 37.9 Å². The summed E-state index contributed by atoms with van der Waals surface area (Å²) in [5.74, 6) is -0.654. The molecule has 100 valence electrons. The monoisotopic (exact) mass is 320 g/mol. The fraction of sp³-hybridized carbons (Fsp3) is 0.538. The molecule has 1 aliphatic carbocycles. The maximum Gasteiger partial charge on any atom is 0.400 e. The van der Waals surface area contributed by atoms with Crippen LogP contribution >= 0.6 is 15.9 Å². The third-order valence-corrected chi connectivity index (χ3v) is 3.77. The molecule has 1 aliphatic rings. The highest BCUT2D eigenvalue weighted by Crippen LogP contribution is 2.38. The predicted octanol–water partition coefficient (Wildman–Crippen LogP) is 3.97. The van der Waals surface area contributed by atoms with Gasteiger partial charge in [-0.2, -0.15) is 8.78 Å². The number of alkyl halides is 2. The molecule has 0 unspecified atom stereocenters. The van der Waals surface area contributed by atoms with Gasteiger partial charge >= 0.3 is 6.11 Å². The van der Waals surface area contributed by atoms with E-state index in [-0.39, 0.29) is 5.75 Å². The molecule has 1 aromatic rings. The fourth-order valence-corrected chi connectivity index (χ4v) is 2.42. The molecule has 2 rings (SSSR count). The Morgan fingerprint density at radius 1 is 1.11 bits per heavy atom. The van der Waals surface area contributed by atoms with E-state index in [1.165, 1.54) is 12.1 Å². The normalized spacial score (nSPS) is 24.9. The molecule has 0 radical (unpaired) electrons. The molecular weight excluding hydrogens is 306 g/mol. The van der Waals surface area contributed by atoms with E-state index in [1.807, 2.05) is 0 Å². The van der Waals surface area contributed by atoms with Crippen molar-refractivity contribution in [1.82, 2.24) is 0 Å². The zero-order valence-electron chi connectivity index (χ0n) is 9.78. The number of halogens is 3. The maximum absolute atomic E-state index is 13.9. The lowest BCUT2D eigenvalue weighted by Gasteiger charge is -2.31. The third kappa shape index (κ3) is 3.42. The largest absolute Gasteiger partial charge is 0.432 e. The molecule has 1 aromatic carbocycles. The molecule has 0 heterocycles. The van der Waals surface area contributed by atoms with E-state index in [0.717, 1.165) is 4.47 Å². The van der Waals surface area contributed by atoms with Crippen molar-refractivity contribution in [2.24, 2.45) is 5.92 Å². The Bertz CT molecular complexity index is 386. The smallest absolute Gasteiger partial charge is 0.400 e. The molecule has 0 bridgehead atoms. The first-order valence-corrected chi connectivity index (χ1v) is 6.77. The Labute approximate surface area is 113 Å². The van der Waals surface area contributed by atoms with Crippen LogP contribution < -0.4 is 4.74 Å². The number of rotatable bonds is 3. The van der Waals surface area contributed by atoms with Crippen LogP contribution in [0.2, 0.25) is 0 Å². The second-order valence-corrected chi connectivity index (χ2v) is 5.54. The van der Waals surface area contributed by atoms with Gasteiger partial charge in [0, 0.05) is 4.47 Å². The van der Waals surface area contributed by atoms with E-state index < -0.39 is 18.1 Å². The zero-order chi connectivity index (χ0) is 13.2. The molecule has 0 amide bonds. The number of aliphatic hydroxyl groups excluding tert-OH is 1. The van der Waals surface area contributed by atoms with E-state index in [0.29, 0.717) is 25.7 Å². The molecule has 1 N–H and O–H groups in total. The minimum atomic E-state index is -3.17. The van der Waals surface area contributed by atoms with Crippen LogP contribution in [0, 0.1) is 5.92 Å². The summed E-state index contributed by atoms with van der Waals surface area (Å²) < 4.78 is 33.4. The minimum Gasteiger partial charge on any atom is -0.432 e. The molecule has 0 atom stereocenters. The van der Waals surface area contributed by atoms with Crippen molar-refractivity contribution in [1.29, 1.82) is 0 Å². The van der Waals surface area contributed by atoms with E-state index in [2.05, 4.69) is 15.9 Å². The van der Waals surface area contributed by atoms with Gasteiger partial charge < -0.3 is 9.84 Å². The number of ether oxygens (including phenoxy) is 1. The molecule has 18 heavy (non-hydrogen) atoms. The first kappa shape index (κ1) is 13.7. The molecule has 1 fully saturated rings. The molecule has 5 heteroatoms. The zero-order valence-corrected chi connectivity index (χ0v) is 11.4. The summed E-state index contributed by atoms with van der Waals surface area (Å²) in [6.45, 7) is 0. The topological polar surface area (TPSA) is 29.5 Å². The number of aliphatic hydroxyl groups is 1. The van der Waals surface area contributed by atoms with Gasteiger partial charge in [-0.05, 0) is 49.9 Å². The Hall–Kier alpha value is -0.680. The van der Waals surface area contributed by atoms with Crippen LogP contribution in [0.4, 0.5) is 8.78 Å². The van der Waals surface area contributed by atoms with Crippen molar-refractivity contribution in [2.75, 3.05) is 0 Å². The van der Waals surface area contributed by atoms with Crippen molar-refractivity contribution >= 4 is 15.9 Å². The predicted molar refractivity (Wildman–Crippen MR) is 67.7 cm³/mol. The van der Waals surface area contributed by atoms with Crippen molar-refractivity contribution < 1.29 is 18.6 Å².